The summed E-state index contributed by atoms with van der Waals surface area (Å²) in [5.41, 5.74) is 0.607. The minimum Gasteiger partial charge on any atom is -0.346 e. The first-order valence-electron chi connectivity index (χ1n) is 8.07. The molecule has 1 heterocycles. The minimum atomic E-state index is -0.418. The first kappa shape index (κ1) is 17.3. The van der Waals surface area contributed by atoms with Gasteiger partial charge in [-0.05, 0) is 43.2 Å². The van der Waals surface area contributed by atoms with E-state index in [-0.39, 0.29) is 11.9 Å². The van der Waals surface area contributed by atoms with Crippen LogP contribution in [0.1, 0.15) is 44.1 Å². The highest BCUT2D eigenvalue weighted by molar-refractivity contribution is 7.99. The molecule has 24 heavy (non-hydrogen) atoms. The van der Waals surface area contributed by atoms with E-state index in [2.05, 4.69) is 22.4 Å². The number of carbonyl (C=O) groups is 1. The van der Waals surface area contributed by atoms with Gasteiger partial charge in [0.2, 0.25) is 5.91 Å². The number of benzene rings is 1. The molecular weight excluding hydrogens is 344 g/mol. The van der Waals surface area contributed by atoms with Gasteiger partial charge < -0.3 is 9.88 Å². The quantitative estimate of drug-likeness (QED) is 0.797. The highest BCUT2D eigenvalue weighted by Crippen LogP contribution is 2.48. The van der Waals surface area contributed by atoms with Gasteiger partial charge in [-0.3, -0.25) is 4.79 Å². The summed E-state index contributed by atoms with van der Waals surface area (Å²) in [5, 5.41) is 13.1. The number of aromatic nitrogens is 3. The standard InChI is InChI=1S/C17H21ClN4OS/c1-4-24-16-21-20-14(22(16)3)11(2)19-15(23)17(9-10-17)12-5-7-13(18)8-6-12/h5-8,11H,4,9-10H2,1-3H3,(H,19,23). The van der Waals surface area contributed by atoms with E-state index in [9.17, 15) is 4.79 Å². The molecule has 1 saturated carbocycles. The summed E-state index contributed by atoms with van der Waals surface area (Å²) in [4.78, 5) is 12.8. The highest BCUT2D eigenvalue weighted by atomic mass is 35.5. The number of nitrogens with zero attached hydrogens (tertiary/aromatic N) is 3. The zero-order valence-electron chi connectivity index (χ0n) is 14.0. The lowest BCUT2D eigenvalue weighted by atomic mass is 9.94. The number of carbonyl (C=O) groups excluding carboxylic acids is 1. The lowest BCUT2D eigenvalue weighted by Crippen LogP contribution is -2.37. The van der Waals surface area contributed by atoms with Gasteiger partial charge in [0.05, 0.1) is 11.5 Å². The van der Waals surface area contributed by atoms with Crippen molar-refractivity contribution < 1.29 is 4.79 Å². The van der Waals surface area contributed by atoms with Gasteiger partial charge in [0.25, 0.3) is 0 Å². The molecule has 0 radical (unpaired) electrons. The average molecular weight is 365 g/mol. The van der Waals surface area contributed by atoms with Crippen molar-refractivity contribution in [2.45, 2.75) is 43.3 Å². The van der Waals surface area contributed by atoms with E-state index in [1.807, 2.05) is 42.8 Å². The van der Waals surface area contributed by atoms with Crippen LogP contribution >= 0.6 is 23.4 Å². The summed E-state index contributed by atoms with van der Waals surface area (Å²) in [6, 6.07) is 7.37. The van der Waals surface area contributed by atoms with Crippen LogP contribution in [0, 0.1) is 0 Å². The Hall–Kier alpha value is -1.53. The molecule has 1 amide bonds. The van der Waals surface area contributed by atoms with Crippen LogP contribution in [0.5, 0.6) is 0 Å². The Balaban J connectivity index is 1.73. The highest BCUT2D eigenvalue weighted by Gasteiger charge is 2.51. The molecule has 128 valence electrons. The van der Waals surface area contributed by atoms with Gasteiger partial charge in [-0.2, -0.15) is 0 Å². The maximum atomic E-state index is 12.8. The zero-order valence-corrected chi connectivity index (χ0v) is 15.6. The van der Waals surface area contributed by atoms with Gasteiger partial charge in [0, 0.05) is 12.1 Å². The molecule has 0 bridgehead atoms. The molecule has 1 fully saturated rings. The molecule has 5 nitrogen and oxygen atoms in total. The number of thioether (sulfide) groups is 1. The summed E-state index contributed by atoms with van der Waals surface area (Å²) in [5.74, 6) is 1.75. The molecular formula is C17H21ClN4OS. The van der Waals surface area contributed by atoms with E-state index in [4.69, 9.17) is 11.6 Å². The van der Waals surface area contributed by atoms with Crippen molar-refractivity contribution >= 4 is 29.3 Å². The zero-order chi connectivity index (χ0) is 17.3. The number of rotatable bonds is 6. The Morgan fingerprint density at radius 1 is 1.38 bits per heavy atom. The molecule has 3 rings (SSSR count). The third-order valence-electron chi connectivity index (χ3n) is 4.46. The number of halogens is 1. The van der Waals surface area contributed by atoms with E-state index >= 15 is 0 Å². The van der Waals surface area contributed by atoms with Crippen molar-refractivity contribution in [1.82, 2.24) is 20.1 Å². The van der Waals surface area contributed by atoms with E-state index in [0.29, 0.717) is 5.02 Å². The fraction of sp³-hybridized carbons (Fsp3) is 0.471. The lowest BCUT2D eigenvalue weighted by molar-refractivity contribution is -0.124. The predicted molar refractivity (Wildman–Crippen MR) is 96.3 cm³/mol. The number of amides is 1. The topological polar surface area (TPSA) is 59.8 Å². The van der Waals surface area contributed by atoms with Crippen LogP contribution in [0.15, 0.2) is 29.4 Å². The molecule has 1 N–H and O–H groups in total. The second-order valence-electron chi connectivity index (χ2n) is 6.12. The summed E-state index contributed by atoms with van der Waals surface area (Å²) < 4.78 is 1.95. The molecule has 7 heteroatoms. The summed E-state index contributed by atoms with van der Waals surface area (Å²) in [7, 11) is 1.93. The Morgan fingerprint density at radius 2 is 2.04 bits per heavy atom. The fourth-order valence-electron chi connectivity index (χ4n) is 2.90. The molecule has 1 aromatic heterocycles. The van der Waals surface area contributed by atoms with Crippen LogP contribution in [0.25, 0.3) is 0 Å². The first-order valence-corrected chi connectivity index (χ1v) is 9.43. The molecule has 0 spiro atoms. The van der Waals surface area contributed by atoms with Gasteiger partial charge in [-0.15, -0.1) is 10.2 Å². The van der Waals surface area contributed by atoms with E-state index in [1.54, 1.807) is 11.8 Å². The smallest absolute Gasteiger partial charge is 0.231 e. The predicted octanol–water partition coefficient (Wildman–Crippen LogP) is 3.49. The molecule has 0 saturated heterocycles. The Bertz CT molecular complexity index is 740. The monoisotopic (exact) mass is 364 g/mol. The number of hydrogen-bond acceptors (Lipinski definition) is 4. The maximum Gasteiger partial charge on any atom is 0.231 e. The van der Waals surface area contributed by atoms with Crippen LogP contribution in [-0.4, -0.2) is 26.4 Å². The Kier molecular flexibility index (Phi) is 4.88. The fourth-order valence-corrected chi connectivity index (χ4v) is 3.67. The summed E-state index contributed by atoms with van der Waals surface area (Å²) >= 11 is 7.59. The number of nitrogens with one attached hydrogen (secondary N) is 1. The maximum absolute atomic E-state index is 12.8. The van der Waals surface area contributed by atoms with Crippen LogP contribution in [0.3, 0.4) is 0 Å². The molecule has 2 aromatic rings. The van der Waals surface area contributed by atoms with Gasteiger partial charge in [-0.1, -0.05) is 42.4 Å². The van der Waals surface area contributed by atoms with Crippen molar-refractivity contribution in [2.75, 3.05) is 5.75 Å². The van der Waals surface area contributed by atoms with Crippen LogP contribution < -0.4 is 5.32 Å². The van der Waals surface area contributed by atoms with Crippen LogP contribution in [-0.2, 0) is 17.3 Å². The molecule has 1 unspecified atom stereocenters. The Labute approximate surface area is 151 Å². The number of hydrogen-bond donors (Lipinski definition) is 1. The second kappa shape index (κ2) is 6.76. The van der Waals surface area contributed by atoms with E-state index in [0.717, 1.165) is 35.1 Å². The Morgan fingerprint density at radius 3 is 2.62 bits per heavy atom. The third-order valence-corrected chi connectivity index (χ3v) is 5.61. The van der Waals surface area contributed by atoms with Crippen LogP contribution in [0.2, 0.25) is 5.02 Å². The lowest BCUT2D eigenvalue weighted by Gasteiger charge is -2.19. The van der Waals surface area contributed by atoms with Crippen molar-refractivity contribution in [3.8, 4) is 0 Å². The van der Waals surface area contributed by atoms with Gasteiger partial charge in [0.15, 0.2) is 11.0 Å². The second-order valence-corrected chi connectivity index (χ2v) is 7.78. The largest absolute Gasteiger partial charge is 0.346 e. The van der Waals surface area contributed by atoms with E-state index in [1.165, 1.54) is 0 Å². The summed E-state index contributed by atoms with van der Waals surface area (Å²) in [6.07, 6.45) is 1.73. The van der Waals surface area contributed by atoms with E-state index < -0.39 is 5.41 Å². The molecule has 1 aliphatic rings. The first-order chi connectivity index (χ1) is 11.5. The summed E-state index contributed by atoms with van der Waals surface area (Å²) in [6.45, 7) is 4.02. The van der Waals surface area contributed by atoms with Crippen LogP contribution in [0.4, 0.5) is 0 Å². The van der Waals surface area contributed by atoms with Gasteiger partial charge in [0.1, 0.15) is 0 Å². The van der Waals surface area contributed by atoms with Crippen molar-refractivity contribution in [1.29, 1.82) is 0 Å². The van der Waals surface area contributed by atoms with Crippen molar-refractivity contribution in [2.24, 2.45) is 7.05 Å². The average Bonchev–Trinajstić information content (AvgIpc) is 3.29. The minimum absolute atomic E-state index is 0.0463. The molecule has 1 aromatic carbocycles. The SMILES string of the molecule is CCSc1nnc(C(C)NC(=O)C2(c3ccc(Cl)cc3)CC2)n1C. The third kappa shape index (κ3) is 3.17. The van der Waals surface area contributed by atoms with Crippen molar-refractivity contribution in [3.05, 3.63) is 40.7 Å². The molecule has 0 aliphatic heterocycles. The molecule has 1 aliphatic carbocycles. The molecule has 1 atom stereocenters. The van der Waals surface area contributed by atoms with Gasteiger partial charge in [-0.25, -0.2) is 0 Å². The van der Waals surface area contributed by atoms with Crippen molar-refractivity contribution in [3.63, 3.8) is 0 Å². The normalized spacial score (nSPS) is 16.7. The van der Waals surface area contributed by atoms with Gasteiger partial charge >= 0.3 is 0 Å².